The van der Waals surface area contributed by atoms with Crippen LogP contribution in [0.25, 0.3) is 0 Å². The Labute approximate surface area is 202 Å². The third-order valence-electron chi connectivity index (χ3n) is 11.1. The lowest BCUT2D eigenvalue weighted by atomic mass is 9.72. The molecule has 180 valence electrons. The second-order valence-corrected chi connectivity index (χ2v) is 13.2. The number of anilines is 1. The molecule has 1 aromatic carbocycles. The van der Waals surface area contributed by atoms with Crippen LogP contribution < -0.4 is 15.7 Å². The molecule has 3 unspecified atom stereocenters. The smallest absolute Gasteiger partial charge is 0.399 e. The molecule has 7 heteroatoms. The zero-order valence-corrected chi connectivity index (χ0v) is 20.8. The number of hydrogen-bond acceptors (Lipinski definition) is 5. The highest BCUT2D eigenvalue weighted by Crippen LogP contribution is 2.76. The number of nitrogens with zero attached hydrogens (tertiary/aromatic N) is 2. The summed E-state index contributed by atoms with van der Waals surface area (Å²) in [5.41, 5.74) is 2.28. The number of benzene rings is 1. The maximum atomic E-state index is 14.1. The minimum atomic E-state index is -0.398. The van der Waals surface area contributed by atoms with E-state index in [2.05, 4.69) is 61.0 Å². The normalized spacial score (nSPS) is 42.1. The molecule has 1 spiro atoms. The van der Waals surface area contributed by atoms with E-state index in [-0.39, 0.29) is 16.6 Å². The highest BCUT2D eigenvalue weighted by molar-refractivity contribution is 6.62. The van der Waals surface area contributed by atoms with Crippen molar-refractivity contribution in [2.75, 3.05) is 24.5 Å². The van der Waals surface area contributed by atoms with Gasteiger partial charge in [-0.05, 0) is 101 Å². The minimum Gasteiger partial charge on any atom is -0.399 e. The summed E-state index contributed by atoms with van der Waals surface area (Å²) >= 11 is 0. The second-order valence-electron chi connectivity index (χ2n) is 13.2. The monoisotopic (exact) mass is 461 g/mol. The Morgan fingerprint density at radius 2 is 1.68 bits per heavy atom. The van der Waals surface area contributed by atoms with Crippen LogP contribution in [0.4, 0.5) is 5.69 Å². The second kappa shape index (κ2) is 6.29. The minimum absolute atomic E-state index is 0.326. The van der Waals surface area contributed by atoms with Crippen LogP contribution in [0.3, 0.4) is 0 Å². The first-order valence-electron chi connectivity index (χ1n) is 13.5. The summed E-state index contributed by atoms with van der Waals surface area (Å²) in [5, 5.41) is 3.47. The van der Waals surface area contributed by atoms with Crippen molar-refractivity contribution >= 4 is 24.2 Å². The Balaban J connectivity index is 1.12. The number of fused-ring (bicyclic) bond motifs is 3. The summed E-state index contributed by atoms with van der Waals surface area (Å²) in [7, 11) is -0.398. The lowest BCUT2D eigenvalue weighted by Gasteiger charge is -2.46. The predicted molar refractivity (Wildman–Crippen MR) is 131 cm³/mol. The van der Waals surface area contributed by atoms with Crippen molar-refractivity contribution in [2.45, 2.75) is 88.1 Å². The molecule has 34 heavy (non-hydrogen) atoms. The molecular formula is C27H36BN3O3. The van der Waals surface area contributed by atoms with Gasteiger partial charge >= 0.3 is 7.12 Å². The molecule has 6 nitrogen and oxygen atoms in total. The topological polar surface area (TPSA) is 54.0 Å². The number of amides is 1. The first-order chi connectivity index (χ1) is 16.2. The Hall–Kier alpha value is -1.41. The Morgan fingerprint density at radius 3 is 2.29 bits per heavy atom. The molecule has 1 amide bonds. The standard InChI is InChI=1S/C27H36BN3O3/c1-25(2)26(3,4)34-28(33-25)15-5-6-19-20(11-15)31(24(32)27(19)7-9-29-10-8-27)17-12-16(13-17)30-14-18-21-22(18)23(21)30/h5-6,11,16-18,21-23,29H,7-10,12-14H2,1-4H3/t16?,17?,18?,21-,22?,23?/m0/s1. The Bertz CT molecular complexity index is 1060. The molecule has 0 aromatic heterocycles. The van der Waals surface area contributed by atoms with Crippen LogP contribution in [-0.2, 0) is 19.5 Å². The summed E-state index contributed by atoms with van der Waals surface area (Å²) in [6.45, 7) is 11.5. The fourth-order valence-corrected chi connectivity index (χ4v) is 8.05. The number of piperidine rings is 2. The van der Waals surface area contributed by atoms with E-state index >= 15 is 0 Å². The van der Waals surface area contributed by atoms with Crippen molar-refractivity contribution in [3.8, 4) is 0 Å². The van der Waals surface area contributed by atoms with E-state index in [1.54, 1.807) is 0 Å². The molecule has 3 aliphatic carbocycles. The number of rotatable bonds is 3. The van der Waals surface area contributed by atoms with E-state index in [0.29, 0.717) is 18.0 Å². The van der Waals surface area contributed by atoms with Crippen LogP contribution in [0.15, 0.2) is 18.2 Å². The summed E-state index contributed by atoms with van der Waals surface area (Å²) in [6, 6.07) is 8.49. The van der Waals surface area contributed by atoms with Crippen molar-refractivity contribution < 1.29 is 14.1 Å². The van der Waals surface area contributed by atoms with Crippen LogP contribution in [0.2, 0.25) is 0 Å². The number of nitrogens with one attached hydrogen (secondary N) is 1. The average molecular weight is 461 g/mol. The maximum absolute atomic E-state index is 14.1. The summed E-state index contributed by atoms with van der Waals surface area (Å²) in [4.78, 5) is 19.1. The fraction of sp³-hybridized carbons (Fsp3) is 0.741. The molecule has 7 fully saturated rings. The molecule has 5 heterocycles. The molecule has 2 bridgehead atoms. The SMILES string of the molecule is CC1(C)OB(c2ccc3c(c2)N(C2CC(N4CC5C6C4[C@@H]56)C2)C(=O)C32CCNCC2)OC1(C)C. The third-order valence-corrected chi connectivity index (χ3v) is 11.1. The summed E-state index contributed by atoms with van der Waals surface area (Å²) in [5.74, 6) is 3.47. The van der Waals surface area contributed by atoms with Crippen LogP contribution in [0.5, 0.6) is 0 Å². The van der Waals surface area contributed by atoms with E-state index in [4.69, 9.17) is 9.31 Å². The van der Waals surface area contributed by atoms with E-state index in [1.807, 2.05) is 0 Å². The number of carbonyl (C=O) groups is 1. The van der Waals surface area contributed by atoms with Gasteiger partial charge in [0.15, 0.2) is 0 Å². The van der Waals surface area contributed by atoms with Gasteiger partial charge in [0, 0.05) is 30.4 Å². The average Bonchev–Trinajstić information content (AvgIpc) is 3.52. The highest BCUT2D eigenvalue weighted by Gasteiger charge is 2.81. The first kappa shape index (κ1) is 20.8. The quantitative estimate of drug-likeness (QED) is 0.699. The van der Waals surface area contributed by atoms with Crippen molar-refractivity contribution in [1.82, 2.24) is 10.2 Å². The maximum Gasteiger partial charge on any atom is 0.494 e. The van der Waals surface area contributed by atoms with Crippen LogP contribution in [-0.4, -0.2) is 66.9 Å². The molecule has 3 saturated carbocycles. The van der Waals surface area contributed by atoms with Gasteiger partial charge in [0.25, 0.3) is 0 Å². The van der Waals surface area contributed by atoms with Gasteiger partial charge in [-0.25, -0.2) is 0 Å². The number of carbonyl (C=O) groups excluding carboxylic acids is 1. The van der Waals surface area contributed by atoms with Gasteiger partial charge in [0.05, 0.1) is 16.6 Å². The van der Waals surface area contributed by atoms with Gasteiger partial charge in [-0.3, -0.25) is 9.69 Å². The zero-order chi connectivity index (χ0) is 23.2. The first-order valence-corrected chi connectivity index (χ1v) is 13.5. The zero-order valence-electron chi connectivity index (χ0n) is 20.8. The van der Waals surface area contributed by atoms with Crippen molar-refractivity contribution in [2.24, 2.45) is 17.8 Å². The third kappa shape index (κ3) is 2.45. The van der Waals surface area contributed by atoms with Crippen LogP contribution in [0, 0.1) is 17.8 Å². The largest absolute Gasteiger partial charge is 0.494 e. The summed E-state index contributed by atoms with van der Waals surface area (Å²) in [6.07, 6.45) is 4.03. The molecular weight excluding hydrogens is 425 g/mol. The van der Waals surface area contributed by atoms with Crippen LogP contribution in [0.1, 0.15) is 58.9 Å². The van der Waals surface area contributed by atoms with Crippen molar-refractivity contribution in [3.05, 3.63) is 23.8 Å². The van der Waals surface area contributed by atoms with Gasteiger partial charge in [-0.2, -0.15) is 0 Å². The van der Waals surface area contributed by atoms with Gasteiger partial charge < -0.3 is 19.5 Å². The lowest BCUT2D eigenvalue weighted by molar-refractivity contribution is -0.125. The molecule has 5 aliphatic heterocycles. The molecule has 4 atom stereocenters. The van der Waals surface area contributed by atoms with Gasteiger partial charge in [0.2, 0.25) is 5.91 Å². The van der Waals surface area contributed by atoms with Gasteiger partial charge in [-0.15, -0.1) is 0 Å². The van der Waals surface area contributed by atoms with Gasteiger partial charge in [-0.1, -0.05) is 12.1 Å². The van der Waals surface area contributed by atoms with Crippen molar-refractivity contribution in [3.63, 3.8) is 0 Å². The van der Waals surface area contributed by atoms with E-state index in [0.717, 1.165) is 73.7 Å². The fourth-order valence-electron chi connectivity index (χ4n) is 8.05. The van der Waals surface area contributed by atoms with Crippen molar-refractivity contribution in [1.29, 1.82) is 0 Å². The number of hydrogen-bond donors (Lipinski definition) is 1. The Kier molecular flexibility index (Phi) is 3.84. The molecule has 0 radical (unpaired) electrons. The van der Waals surface area contributed by atoms with Crippen LogP contribution >= 0.6 is 0 Å². The van der Waals surface area contributed by atoms with E-state index in [1.165, 1.54) is 12.1 Å². The highest BCUT2D eigenvalue weighted by atomic mass is 16.7. The van der Waals surface area contributed by atoms with E-state index in [9.17, 15) is 4.79 Å². The molecule has 1 N–H and O–H groups in total. The Morgan fingerprint density at radius 1 is 1.00 bits per heavy atom. The lowest BCUT2D eigenvalue weighted by Crippen LogP contribution is -2.57. The molecule has 8 aliphatic rings. The van der Waals surface area contributed by atoms with Gasteiger partial charge in [0.1, 0.15) is 0 Å². The predicted octanol–water partition coefficient (Wildman–Crippen LogP) is 2.04. The molecule has 9 rings (SSSR count). The molecule has 4 saturated heterocycles. The van der Waals surface area contributed by atoms with E-state index < -0.39 is 7.12 Å². The summed E-state index contributed by atoms with van der Waals surface area (Å²) < 4.78 is 12.7. The molecule has 1 aromatic rings.